The lowest BCUT2D eigenvalue weighted by atomic mass is 10.2. The summed E-state index contributed by atoms with van der Waals surface area (Å²) >= 11 is 0. The van der Waals surface area contributed by atoms with Crippen LogP contribution in [0.3, 0.4) is 0 Å². The van der Waals surface area contributed by atoms with Gasteiger partial charge in [0, 0.05) is 6.26 Å². The molecule has 0 unspecified atom stereocenters. The lowest BCUT2D eigenvalue weighted by Gasteiger charge is -2.04. The van der Waals surface area contributed by atoms with Gasteiger partial charge in [-0.05, 0) is 12.1 Å². The maximum atomic E-state index is 14.0. The molecule has 0 radical (unpaired) electrons. The first-order valence-electron chi connectivity index (χ1n) is 5.05. The highest BCUT2D eigenvalue weighted by Gasteiger charge is 2.22. The van der Waals surface area contributed by atoms with E-state index in [0.29, 0.717) is 6.07 Å². The summed E-state index contributed by atoms with van der Waals surface area (Å²) in [5, 5.41) is 3.41. The van der Waals surface area contributed by atoms with Crippen molar-refractivity contribution < 1.29 is 21.7 Å². The molecule has 0 spiro atoms. The Labute approximate surface area is 107 Å². The van der Waals surface area contributed by atoms with Gasteiger partial charge in [-0.1, -0.05) is 5.16 Å². The predicted molar refractivity (Wildman–Crippen MR) is 60.7 cm³/mol. The summed E-state index contributed by atoms with van der Waals surface area (Å²) in [7, 11) is -3.91. The molecular formula is C10H9F2N3O3S. The van der Waals surface area contributed by atoms with Crippen molar-refractivity contribution in [3.8, 4) is 11.4 Å². The van der Waals surface area contributed by atoms with Gasteiger partial charge in [0.05, 0.1) is 12.1 Å². The van der Waals surface area contributed by atoms with Crippen molar-refractivity contribution in [1.29, 1.82) is 0 Å². The van der Waals surface area contributed by atoms with Crippen molar-refractivity contribution in [1.82, 2.24) is 10.1 Å². The quantitative estimate of drug-likeness (QED) is 0.900. The molecule has 0 amide bonds. The fourth-order valence-corrected chi connectivity index (χ4v) is 2.21. The van der Waals surface area contributed by atoms with E-state index in [1.807, 2.05) is 0 Å². The van der Waals surface area contributed by atoms with E-state index in [1.54, 1.807) is 0 Å². The van der Waals surface area contributed by atoms with Gasteiger partial charge in [-0.2, -0.15) is 4.98 Å². The molecule has 1 heterocycles. The molecule has 0 saturated heterocycles. The summed E-state index contributed by atoms with van der Waals surface area (Å²) in [6.07, 6.45) is 0.774. The Bertz CT molecular complexity index is 728. The monoisotopic (exact) mass is 289 g/mol. The van der Waals surface area contributed by atoms with Crippen molar-refractivity contribution in [3.63, 3.8) is 0 Å². The smallest absolute Gasteiger partial charge is 0.240 e. The molecule has 0 fully saturated rings. The van der Waals surface area contributed by atoms with Gasteiger partial charge in [-0.3, -0.25) is 0 Å². The minimum absolute atomic E-state index is 0.0274. The molecule has 0 atom stereocenters. The second kappa shape index (κ2) is 4.67. The highest BCUT2D eigenvalue weighted by molar-refractivity contribution is 7.90. The average molecular weight is 289 g/mol. The Morgan fingerprint density at radius 3 is 2.58 bits per heavy atom. The number of aromatic nitrogens is 2. The molecular weight excluding hydrogens is 280 g/mol. The Balaban J connectivity index is 2.67. The number of nitrogens with zero attached hydrogens (tertiary/aromatic N) is 2. The van der Waals surface area contributed by atoms with Crippen LogP contribution in [0.1, 0.15) is 5.89 Å². The molecule has 0 saturated carbocycles. The fourth-order valence-electron chi connectivity index (χ4n) is 1.44. The van der Waals surface area contributed by atoms with Crippen LogP contribution in [0.5, 0.6) is 0 Å². The second-order valence-corrected chi connectivity index (χ2v) is 5.74. The number of benzene rings is 1. The van der Waals surface area contributed by atoms with Gasteiger partial charge >= 0.3 is 0 Å². The molecule has 102 valence electrons. The third-order valence-electron chi connectivity index (χ3n) is 2.29. The zero-order chi connectivity index (χ0) is 14.2. The summed E-state index contributed by atoms with van der Waals surface area (Å²) in [5.74, 6) is -2.29. The lowest BCUT2D eigenvalue weighted by Crippen LogP contribution is -2.04. The molecule has 9 heteroatoms. The first-order chi connectivity index (χ1) is 8.82. The number of hydrogen-bond donors (Lipinski definition) is 1. The van der Waals surface area contributed by atoms with E-state index in [9.17, 15) is 17.2 Å². The third kappa shape index (κ3) is 2.61. The molecule has 0 bridgehead atoms. The largest absolute Gasteiger partial charge is 0.338 e. The number of sulfone groups is 1. The molecule has 1 aromatic carbocycles. The van der Waals surface area contributed by atoms with E-state index in [4.69, 9.17) is 5.73 Å². The van der Waals surface area contributed by atoms with Gasteiger partial charge in [-0.15, -0.1) is 0 Å². The van der Waals surface area contributed by atoms with Crippen LogP contribution < -0.4 is 5.73 Å². The number of rotatable bonds is 3. The van der Waals surface area contributed by atoms with Gasteiger partial charge in [0.2, 0.25) is 11.7 Å². The maximum absolute atomic E-state index is 14.0. The molecule has 19 heavy (non-hydrogen) atoms. The van der Waals surface area contributed by atoms with Crippen molar-refractivity contribution >= 4 is 9.84 Å². The van der Waals surface area contributed by atoms with Gasteiger partial charge in [0.25, 0.3) is 0 Å². The summed E-state index contributed by atoms with van der Waals surface area (Å²) in [4.78, 5) is 2.96. The standard InChI is InChI=1S/C10H9F2N3O3S/c1-19(16,17)7-3-5(11)2-6(9(7)12)10-14-8(4-13)18-15-10/h2-3H,4,13H2,1H3. The molecule has 2 rings (SSSR count). The second-order valence-electron chi connectivity index (χ2n) is 3.75. The van der Waals surface area contributed by atoms with E-state index < -0.39 is 31.9 Å². The lowest BCUT2D eigenvalue weighted by molar-refractivity contribution is 0.380. The normalized spacial score (nSPS) is 11.8. The molecule has 0 aliphatic heterocycles. The van der Waals surface area contributed by atoms with Crippen LogP contribution in [0, 0.1) is 11.6 Å². The SMILES string of the molecule is CS(=O)(=O)c1cc(F)cc(-c2noc(CN)n2)c1F. The summed E-state index contributed by atoms with van der Waals surface area (Å²) in [5.41, 5.74) is 4.85. The van der Waals surface area contributed by atoms with Gasteiger partial charge in [0.15, 0.2) is 15.7 Å². The molecule has 1 aromatic heterocycles. The Morgan fingerprint density at radius 2 is 2.05 bits per heavy atom. The molecule has 0 aliphatic rings. The summed E-state index contributed by atoms with van der Waals surface area (Å²) in [6.45, 7) is -0.0666. The van der Waals surface area contributed by atoms with Crippen LogP contribution in [0.15, 0.2) is 21.6 Å². The third-order valence-corrected chi connectivity index (χ3v) is 3.38. The first-order valence-corrected chi connectivity index (χ1v) is 6.94. The first kappa shape index (κ1) is 13.6. The fraction of sp³-hybridized carbons (Fsp3) is 0.200. The van der Waals surface area contributed by atoms with E-state index in [1.165, 1.54) is 0 Å². The minimum Gasteiger partial charge on any atom is -0.338 e. The topological polar surface area (TPSA) is 99.1 Å². The van der Waals surface area contributed by atoms with E-state index in [2.05, 4.69) is 14.7 Å². The number of nitrogens with two attached hydrogens (primary N) is 1. The molecule has 6 nitrogen and oxygen atoms in total. The van der Waals surface area contributed by atoms with Crippen LogP contribution in [-0.4, -0.2) is 24.8 Å². The van der Waals surface area contributed by atoms with Gasteiger partial charge in [-0.25, -0.2) is 17.2 Å². The van der Waals surface area contributed by atoms with Crippen molar-refractivity contribution in [2.45, 2.75) is 11.4 Å². The van der Waals surface area contributed by atoms with Crippen molar-refractivity contribution in [2.24, 2.45) is 5.73 Å². The minimum atomic E-state index is -3.91. The van der Waals surface area contributed by atoms with E-state index in [0.717, 1.165) is 12.3 Å². The zero-order valence-corrected chi connectivity index (χ0v) is 10.5. The number of hydrogen-bond acceptors (Lipinski definition) is 6. The Hall–Kier alpha value is -1.87. The Morgan fingerprint density at radius 1 is 1.37 bits per heavy atom. The van der Waals surface area contributed by atoms with Crippen LogP contribution in [-0.2, 0) is 16.4 Å². The summed E-state index contributed by atoms with van der Waals surface area (Å²) < 4.78 is 54.8. The highest BCUT2D eigenvalue weighted by Crippen LogP contribution is 2.26. The average Bonchev–Trinajstić information content (AvgIpc) is 2.78. The Kier molecular flexibility index (Phi) is 3.33. The van der Waals surface area contributed by atoms with Crippen LogP contribution in [0.4, 0.5) is 8.78 Å². The van der Waals surface area contributed by atoms with Crippen LogP contribution in [0.25, 0.3) is 11.4 Å². The molecule has 0 aliphatic carbocycles. The van der Waals surface area contributed by atoms with Gasteiger partial charge in [0.1, 0.15) is 10.7 Å². The summed E-state index contributed by atoms with van der Waals surface area (Å²) in [6, 6.07) is 1.38. The molecule has 2 N–H and O–H groups in total. The van der Waals surface area contributed by atoms with Crippen molar-refractivity contribution in [2.75, 3.05) is 6.26 Å². The van der Waals surface area contributed by atoms with E-state index >= 15 is 0 Å². The van der Waals surface area contributed by atoms with Crippen LogP contribution >= 0.6 is 0 Å². The number of halogens is 2. The zero-order valence-electron chi connectivity index (χ0n) is 9.72. The maximum Gasteiger partial charge on any atom is 0.240 e. The van der Waals surface area contributed by atoms with E-state index in [-0.39, 0.29) is 18.3 Å². The van der Waals surface area contributed by atoms with Crippen molar-refractivity contribution in [3.05, 3.63) is 29.7 Å². The highest BCUT2D eigenvalue weighted by atomic mass is 32.2. The van der Waals surface area contributed by atoms with Crippen LogP contribution in [0.2, 0.25) is 0 Å². The molecule has 2 aromatic rings. The predicted octanol–water partition coefficient (Wildman–Crippen LogP) is 0.877. The van der Waals surface area contributed by atoms with Gasteiger partial charge < -0.3 is 10.3 Å².